The highest BCUT2D eigenvalue weighted by Crippen LogP contribution is 2.41. The van der Waals surface area contributed by atoms with Gasteiger partial charge in [-0.3, -0.25) is 0 Å². The maximum Gasteiger partial charge on any atom is 0.120 e. The first kappa shape index (κ1) is 16.2. The van der Waals surface area contributed by atoms with Crippen LogP contribution in [0.2, 0.25) is 10.0 Å². The Balaban J connectivity index is 1.97. The third-order valence-electron chi connectivity index (χ3n) is 3.49. The molecule has 0 atom stereocenters. The van der Waals surface area contributed by atoms with Gasteiger partial charge in [0.15, 0.2) is 0 Å². The Labute approximate surface area is 149 Å². The van der Waals surface area contributed by atoms with Gasteiger partial charge in [0.25, 0.3) is 0 Å². The predicted molar refractivity (Wildman–Crippen MR) is 98.3 cm³/mol. The van der Waals surface area contributed by atoms with Crippen LogP contribution < -0.4 is 9.47 Å². The highest BCUT2D eigenvalue weighted by Gasteiger charge is 2.11. The van der Waals surface area contributed by atoms with E-state index >= 15 is 0 Å². The first-order valence-electron chi connectivity index (χ1n) is 6.90. The summed E-state index contributed by atoms with van der Waals surface area (Å²) >= 11 is 14.3. The predicted octanol–water partition coefficient (Wildman–Crippen LogP) is 6.41. The van der Waals surface area contributed by atoms with Crippen molar-refractivity contribution in [2.24, 2.45) is 0 Å². The summed E-state index contributed by atoms with van der Waals surface area (Å²) in [7, 11) is 3.25. The van der Waals surface area contributed by atoms with Crippen LogP contribution in [0.3, 0.4) is 0 Å². The minimum Gasteiger partial charge on any atom is -0.497 e. The van der Waals surface area contributed by atoms with Crippen molar-refractivity contribution >= 4 is 34.5 Å². The van der Waals surface area contributed by atoms with Crippen molar-refractivity contribution in [2.45, 2.75) is 0 Å². The Bertz CT molecular complexity index is 775. The van der Waals surface area contributed by atoms with Crippen molar-refractivity contribution in [1.29, 1.82) is 0 Å². The summed E-state index contributed by atoms with van der Waals surface area (Å²) in [5, 5.41) is 1.33. The number of benzene rings is 2. The smallest absolute Gasteiger partial charge is 0.120 e. The van der Waals surface area contributed by atoms with Crippen LogP contribution in [0.25, 0.3) is 20.9 Å². The van der Waals surface area contributed by atoms with E-state index in [0.29, 0.717) is 10.0 Å². The van der Waals surface area contributed by atoms with Gasteiger partial charge in [0, 0.05) is 20.9 Å². The molecule has 2 nitrogen and oxygen atoms in total. The number of methoxy groups -OCH3 is 2. The molecular formula is C18H14Cl2O2S. The van der Waals surface area contributed by atoms with E-state index in [1.165, 1.54) is 0 Å². The third kappa shape index (κ3) is 3.32. The third-order valence-corrected chi connectivity index (χ3v) is 5.27. The SMILES string of the molecule is COc1ccc(-c2ccc(-c3ccc(OC)cc3Cl)s2)c(Cl)c1. The lowest BCUT2D eigenvalue weighted by Gasteiger charge is -2.06. The highest BCUT2D eigenvalue weighted by atomic mass is 35.5. The fourth-order valence-corrected chi connectivity index (χ4v) is 4.01. The molecule has 0 amide bonds. The molecule has 0 aliphatic heterocycles. The first-order chi connectivity index (χ1) is 11.1. The summed E-state index contributed by atoms with van der Waals surface area (Å²) < 4.78 is 10.4. The average molecular weight is 365 g/mol. The van der Waals surface area contributed by atoms with Gasteiger partial charge in [-0.15, -0.1) is 11.3 Å². The molecule has 0 N–H and O–H groups in total. The van der Waals surface area contributed by atoms with E-state index in [9.17, 15) is 0 Å². The van der Waals surface area contributed by atoms with E-state index in [2.05, 4.69) is 0 Å². The molecule has 118 valence electrons. The van der Waals surface area contributed by atoms with Crippen molar-refractivity contribution in [3.05, 3.63) is 58.6 Å². The molecule has 3 rings (SSSR count). The molecule has 23 heavy (non-hydrogen) atoms. The second-order valence-electron chi connectivity index (χ2n) is 4.86. The number of hydrogen-bond acceptors (Lipinski definition) is 3. The molecule has 0 aliphatic carbocycles. The Kier molecular flexibility index (Phi) is 4.81. The van der Waals surface area contributed by atoms with Crippen LogP contribution in [-0.4, -0.2) is 14.2 Å². The molecule has 5 heteroatoms. The highest BCUT2D eigenvalue weighted by molar-refractivity contribution is 7.19. The molecule has 0 spiro atoms. The van der Waals surface area contributed by atoms with Crippen LogP contribution in [0.15, 0.2) is 48.5 Å². The molecule has 0 bridgehead atoms. The molecule has 3 aromatic rings. The van der Waals surface area contributed by atoms with Gasteiger partial charge in [0.2, 0.25) is 0 Å². The molecule has 0 saturated carbocycles. The number of hydrogen-bond donors (Lipinski definition) is 0. The van der Waals surface area contributed by atoms with Gasteiger partial charge in [-0.2, -0.15) is 0 Å². The summed E-state index contributed by atoms with van der Waals surface area (Å²) in [6, 6.07) is 15.5. The molecular weight excluding hydrogens is 351 g/mol. The van der Waals surface area contributed by atoms with E-state index in [1.807, 2.05) is 48.5 Å². The van der Waals surface area contributed by atoms with Crippen LogP contribution in [0.4, 0.5) is 0 Å². The molecule has 0 radical (unpaired) electrons. The second-order valence-corrected chi connectivity index (χ2v) is 6.75. The molecule has 1 heterocycles. The van der Waals surface area contributed by atoms with Gasteiger partial charge in [-0.05, 0) is 48.5 Å². The minimum absolute atomic E-state index is 0.665. The normalized spacial score (nSPS) is 10.6. The van der Waals surface area contributed by atoms with Gasteiger partial charge in [-0.25, -0.2) is 0 Å². The minimum atomic E-state index is 0.665. The van der Waals surface area contributed by atoms with Crippen LogP contribution in [0.1, 0.15) is 0 Å². The second kappa shape index (κ2) is 6.83. The van der Waals surface area contributed by atoms with Crippen molar-refractivity contribution in [3.8, 4) is 32.4 Å². The van der Waals surface area contributed by atoms with E-state index < -0.39 is 0 Å². The van der Waals surface area contributed by atoms with Gasteiger partial charge in [-0.1, -0.05) is 23.2 Å². The Morgan fingerprint density at radius 1 is 0.696 bits per heavy atom. The van der Waals surface area contributed by atoms with Crippen LogP contribution >= 0.6 is 34.5 Å². The molecule has 0 saturated heterocycles. The van der Waals surface area contributed by atoms with Gasteiger partial charge >= 0.3 is 0 Å². The number of ether oxygens (including phenoxy) is 2. The van der Waals surface area contributed by atoms with E-state index in [0.717, 1.165) is 32.4 Å². The average Bonchev–Trinajstić information content (AvgIpc) is 3.03. The van der Waals surface area contributed by atoms with E-state index in [1.54, 1.807) is 25.6 Å². The monoisotopic (exact) mass is 364 g/mol. The molecule has 0 aliphatic rings. The molecule has 2 aromatic carbocycles. The van der Waals surface area contributed by atoms with Crippen molar-refractivity contribution in [1.82, 2.24) is 0 Å². The Morgan fingerprint density at radius 3 is 1.48 bits per heavy atom. The fraction of sp³-hybridized carbons (Fsp3) is 0.111. The summed E-state index contributed by atoms with van der Waals surface area (Å²) in [6.45, 7) is 0. The largest absolute Gasteiger partial charge is 0.497 e. The summed E-state index contributed by atoms with van der Waals surface area (Å²) in [5.74, 6) is 1.49. The zero-order valence-electron chi connectivity index (χ0n) is 12.6. The lowest BCUT2D eigenvalue weighted by atomic mass is 10.1. The zero-order chi connectivity index (χ0) is 16.4. The first-order valence-corrected chi connectivity index (χ1v) is 8.47. The summed E-state index contributed by atoms with van der Waals surface area (Å²) in [5.41, 5.74) is 1.96. The summed E-state index contributed by atoms with van der Waals surface area (Å²) in [4.78, 5) is 2.17. The number of rotatable bonds is 4. The van der Waals surface area contributed by atoms with Crippen LogP contribution in [0, 0.1) is 0 Å². The van der Waals surface area contributed by atoms with Crippen LogP contribution in [-0.2, 0) is 0 Å². The van der Waals surface area contributed by atoms with Crippen molar-refractivity contribution < 1.29 is 9.47 Å². The number of halogens is 2. The fourth-order valence-electron chi connectivity index (χ4n) is 2.27. The van der Waals surface area contributed by atoms with Gasteiger partial charge in [0.1, 0.15) is 11.5 Å². The lowest BCUT2D eigenvalue weighted by Crippen LogP contribution is -1.83. The summed E-state index contributed by atoms with van der Waals surface area (Å²) in [6.07, 6.45) is 0. The topological polar surface area (TPSA) is 18.5 Å². The standard InChI is InChI=1S/C18H14Cl2O2S/c1-21-11-3-5-13(15(19)9-11)17-7-8-18(23-17)14-6-4-12(22-2)10-16(14)20/h3-10H,1-2H3. The molecule has 1 aromatic heterocycles. The molecule has 0 fully saturated rings. The number of thiophene rings is 1. The lowest BCUT2D eigenvalue weighted by molar-refractivity contribution is 0.415. The van der Waals surface area contributed by atoms with E-state index in [-0.39, 0.29) is 0 Å². The maximum atomic E-state index is 6.35. The maximum absolute atomic E-state index is 6.35. The zero-order valence-corrected chi connectivity index (χ0v) is 14.9. The Hall–Kier alpha value is -1.68. The van der Waals surface area contributed by atoms with Gasteiger partial charge in [0.05, 0.1) is 24.3 Å². The van der Waals surface area contributed by atoms with E-state index in [4.69, 9.17) is 32.7 Å². The van der Waals surface area contributed by atoms with Gasteiger partial charge < -0.3 is 9.47 Å². The van der Waals surface area contributed by atoms with Crippen LogP contribution in [0.5, 0.6) is 11.5 Å². The molecule has 0 unspecified atom stereocenters. The quantitative estimate of drug-likeness (QED) is 0.532. The Morgan fingerprint density at radius 2 is 1.13 bits per heavy atom. The van der Waals surface area contributed by atoms with Crippen molar-refractivity contribution in [2.75, 3.05) is 14.2 Å². The van der Waals surface area contributed by atoms with Crippen molar-refractivity contribution in [3.63, 3.8) is 0 Å².